The van der Waals surface area contributed by atoms with Crippen LogP contribution >= 0.6 is 0 Å². The highest BCUT2D eigenvalue weighted by atomic mass is 16.2. The Kier molecular flexibility index (Phi) is 5.85. The van der Waals surface area contributed by atoms with Crippen LogP contribution in [0.2, 0.25) is 0 Å². The van der Waals surface area contributed by atoms with Crippen molar-refractivity contribution < 1.29 is 4.79 Å². The van der Waals surface area contributed by atoms with Gasteiger partial charge in [-0.2, -0.15) is 0 Å². The largest absolute Gasteiger partial charge is 0.331 e. The Bertz CT molecular complexity index is 778. The summed E-state index contributed by atoms with van der Waals surface area (Å²) in [6.45, 7) is 12.3. The standard InChI is InChI=1S/C16H26N10O/c1-15(2,3)25-10-12(19-22-25)8-24(14(27)7-18-21-17)9-13-11-26(23-20-13)16(4,5)6/h10-11H,7-9H2,1-6H3. The van der Waals surface area contributed by atoms with Crippen LogP contribution in [0.5, 0.6) is 0 Å². The third kappa shape index (κ3) is 5.52. The van der Waals surface area contributed by atoms with Crippen LogP contribution in [0, 0.1) is 0 Å². The van der Waals surface area contributed by atoms with E-state index in [0.717, 1.165) is 0 Å². The maximum atomic E-state index is 12.5. The zero-order chi connectivity index (χ0) is 20.2. The number of hydrogen-bond acceptors (Lipinski definition) is 6. The van der Waals surface area contributed by atoms with Gasteiger partial charge in [0.25, 0.3) is 0 Å². The lowest BCUT2D eigenvalue weighted by Gasteiger charge is -2.20. The van der Waals surface area contributed by atoms with Gasteiger partial charge in [-0.1, -0.05) is 15.5 Å². The fourth-order valence-electron chi connectivity index (χ4n) is 2.21. The summed E-state index contributed by atoms with van der Waals surface area (Å²) >= 11 is 0. The monoisotopic (exact) mass is 374 g/mol. The number of amides is 1. The van der Waals surface area contributed by atoms with Crippen molar-refractivity contribution in [3.63, 3.8) is 0 Å². The normalized spacial score (nSPS) is 11.9. The first-order valence-electron chi connectivity index (χ1n) is 8.63. The highest BCUT2D eigenvalue weighted by Crippen LogP contribution is 2.15. The zero-order valence-corrected chi connectivity index (χ0v) is 16.7. The molecule has 11 nitrogen and oxygen atoms in total. The second kappa shape index (κ2) is 7.75. The van der Waals surface area contributed by atoms with Gasteiger partial charge in [-0.3, -0.25) is 4.79 Å². The van der Waals surface area contributed by atoms with Crippen molar-refractivity contribution in [1.29, 1.82) is 0 Å². The lowest BCUT2D eigenvalue weighted by molar-refractivity contribution is -0.131. The lowest BCUT2D eigenvalue weighted by atomic mass is 10.1. The van der Waals surface area contributed by atoms with Crippen LogP contribution in [0.1, 0.15) is 52.9 Å². The van der Waals surface area contributed by atoms with Gasteiger partial charge in [-0.05, 0) is 47.1 Å². The van der Waals surface area contributed by atoms with E-state index >= 15 is 0 Å². The summed E-state index contributed by atoms with van der Waals surface area (Å²) < 4.78 is 3.49. The minimum Gasteiger partial charge on any atom is -0.331 e. The maximum Gasteiger partial charge on any atom is 0.229 e. The highest BCUT2D eigenvalue weighted by Gasteiger charge is 2.21. The Morgan fingerprint density at radius 1 is 1.04 bits per heavy atom. The summed E-state index contributed by atoms with van der Waals surface area (Å²) in [5.74, 6) is -0.316. The molecule has 0 unspecified atom stereocenters. The number of aromatic nitrogens is 6. The number of nitrogens with zero attached hydrogens (tertiary/aromatic N) is 10. The molecule has 2 rings (SSSR count). The predicted octanol–water partition coefficient (Wildman–Crippen LogP) is 2.22. The predicted molar refractivity (Wildman–Crippen MR) is 98.3 cm³/mol. The molecule has 27 heavy (non-hydrogen) atoms. The van der Waals surface area contributed by atoms with Crippen molar-refractivity contribution in [3.8, 4) is 0 Å². The van der Waals surface area contributed by atoms with Gasteiger partial charge >= 0.3 is 0 Å². The van der Waals surface area contributed by atoms with Crippen LogP contribution in [0.15, 0.2) is 17.5 Å². The third-order valence-electron chi connectivity index (χ3n) is 3.78. The number of azide groups is 1. The van der Waals surface area contributed by atoms with Crippen molar-refractivity contribution in [2.45, 2.75) is 65.7 Å². The van der Waals surface area contributed by atoms with Gasteiger partial charge in [0.15, 0.2) is 0 Å². The van der Waals surface area contributed by atoms with Gasteiger partial charge in [0.05, 0.1) is 36.6 Å². The van der Waals surface area contributed by atoms with Gasteiger partial charge in [0, 0.05) is 4.91 Å². The average Bonchev–Trinajstić information content (AvgIpc) is 3.20. The van der Waals surface area contributed by atoms with Crippen molar-refractivity contribution >= 4 is 5.91 Å². The van der Waals surface area contributed by atoms with E-state index in [-0.39, 0.29) is 36.6 Å². The fourth-order valence-corrected chi connectivity index (χ4v) is 2.21. The molecule has 2 aromatic rings. The Labute approximate surface area is 158 Å². The molecule has 2 heterocycles. The van der Waals surface area contributed by atoms with Crippen LogP contribution in [0.3, 0.4) is 0 Å². The fraction of sp³-hybridized carbons (Fsp3) is 0.688. The van der Waals surface area contributed by atoms with Gasteiger partial charge < -0.3 is 4.90 Å². The summed E-state index contributed by atoms with van der Waals surface area (Å²) in [5.41, 5.74) is 9.37. The molecule has 0 aliphatic rings. The molecule has 0 N–H and O–H groups in total. The number of carbonyl (C=O) groups excluding carboxylic acids is 1. The molecular weight excluding hydrogens is 348 g/mol. The molecule has 0 bridgehead atoms. The van der Waals surface area contributed by atoms with Crippen LogP contribution in [-0.2, 0) is 29.0 Å². The van der Waals surface area contributed by atoms with Crippen molar-refractivity contribution in [1.82, 2.24) is 34.9 Å². The molecule has 2 aromatic heterocycles. The second-order valence-electron chi connectivity index (χ2n) is 8.29. The molecule has 11 heteroatoms. The van der Waals surface area contributed by atoms with E-state index < -0.39 is 0 Å². The molecule has 0 saturated carbocycles. The second-order valence-corrected chi connectivity index (χ2v) is 8.29. The number of hydrogen-bond donors (Lipinski definition) is 0. The molecule has 0 aliphatic heterocycles. The average molecular weight is 374 g/mol. The molecule has 0 radical (unpaired) electrons. The summed E-state index contributed by atoms with van der Waals surface area (Å²) in [6, 6.07) is 0. The van der Waals surface area contributed by atoms with Crippen molar-refractivity contribution in [2.75, 3.05) is 6.54 Å². The SMILES string of the molecule is CC(C)(C)n1cc(CN(Cc2cn(C(C)(C)C)nn2)C(=O)CN=[N+]=[N-])nn1. The maximum absolute atomic E-state index is 12.5. The Morgan fingerprint density at radius 3 is 1.81 bits per heavy atom. The summed E-state index contributed by atoms with van der Waals surface area (Å²) in [4.78, 5) is 16.7. The lowest BCUT2D eigenvalue weighted by Crippen LogP contribution is -2.32. The van der Waals surface area contributed by atoms with Crippen molar-refractivity contribution in [3.05, 3.63) is 34.2 Å². The van der Waals surface area contributed by atoms with Crippen LogP contribution in [-0.4, -0.2) is 47.3 Å². The molecule has 0 atom stereocenters. The molecule has 0 aromatic carbocycles. The van der Waals surface area contributed by atoms with E-state index in [2.05, 4.69) is 30.7 Å². The molecule has 146 valence electrons. The topological polar surface area (TPSA) is 130 Å². The molecular formula is C16H26N10O. The van der Waals surface area contributed by atoms with Gasteiger partial charge in [0.1, 0.15) is 17.9 Å². The van der Waals surface area contributed by atoms with E-state index in [1.54, 1.807) is 21.8 Å². The Balaban J connectivity index is 2.21. The van der Waals surface area contributed by atoms with E-state index in [0.29, 0.717) is 11.4 Å². The minimum atomic E-state index is -0.316. The minimum absolute atomic E-state index is 0.208. The van der Waals surface area contributed by atoms with Crippen LogP contribution < -0.4 is 0 Å². The van der Waals surface area contributed by atoms with E-state index in [1.165, 1.54) is 4.90 Å². The quantitative estimate of drug-likeness (QED) is 0.434. The summed E-state index contributed by atoms with van der Waals surface area (Å²) in [5, 5.41) is 19.9. The Morgan fingerprint density at radius 2 is 1.48 bits per heavy atom. The van der Waals surface area contributed by atoms with E-state index in [4.69, 9.17) is 5.53 Å². The highest BCUT2D eigenvalue weighted by molar-refractivity contribution is 5.78. The van der Waals surface area contributed by atoms with Crippen LogP contribution in [0.4, 0.5) is 0 Å². The summed E-state index contributed by atoms with van der Waals surface area (Å²) in [7, 11) is 0. The zero-order valence-electron chi connectivity index (χ0n) is 16.7. The first-order valence-corrected chi connectivity index (χ1v) is 8.63. The molecule has 0 spiro atoms. The van der Waals surface area contributed by atoms with Gasteiger partial charge in [-0.15, -0.1) is 10.2 Å². The van der Waals surface area contributed by atoms with Gasteiger partial charge in [-0.25, -0.2) is 9.36 Å². The molecule has 0 aliphatic carbocycles. The molecule has 0 fully saturated rings. The smallest absolute Gasteiger partial charge is 0.229 e. The van der Waals surface area contributed by atoms with Crippen molar-refractivity contribution in [2.24, 2.45) is 5.11 Å². The van der Waals surface area contributed by atoms with E-state index in [1.807, 2.05) is 41.5 Å². The molecule has 1 amide bonds. The van der Waals surface area contributed by atoms with Gasteiger partial charge in [0.2, 0.25) is 5.91 Å². The third-order valence-corrected chi connectivity index (χ3v) is 3.78. The summed E-state index contributed by atoms with van der Waals surface area (Å²) in [6.07, 6.45) is 3.61. The van der Waals surface area contributed by atoms with E-state index in [9.17, 15) is 4.79 Å². The first kappa shape index (κ1) is 20.4. The molecule has 0 saturated heterocycles. The van der Waals surface area contributed by atoms with Crippen LogP contribution in [0.25, 0.3) is 10.4 Å². The number of rotatable bonds is 6. The Hall–Kier alpha value is -2.94. The number of carbonyl (C=O) groups is 1. The first-order chi connectivity index (χ1) is 12.5.